The van der Waals surface area contributed by atoms with E-state index in [1.54, 1.807) is 6.07 Å². The molecule has 2 aromatic rings. The minimum atomic E-state index is -0.929. The number of carbonyl (C=O) groups is 1. The highest BCUT2D eigenvalue weighted by atomic mass is 16.4. The monoisotopic (exact) mass is 242 g/mol. The molecule has 0 unspecified atom stereocenters. The van der Waals surface area contributed by atoms with Gasteiger partial charge in [0, 0.05) is 19.3 Å². The highest BCUT2D eigenvalue weighted by Gasteiger charge is 2.03. The fourth-order valence-electron chi connectivity index (χ4n) is 1.64. The number of benzene rings is 1. The van der Waals surface area contributed by atoms with E-state index >= 15 is 0 Å². The summed E-state index contributed by atoms with van der Waals surface area (Å²) in [6, 6.07) is 13.1. The van der Waals surface area contributed by atoms with E-state index in [2.05, 4.69) is 10.3 Å². The van der Waals surface area contributed by atoms with Crippen molar-refractivity contribution in [2.45, 2.75) is 13.1 Å². The average Bonchev–Trinajstić information content (AvgIpc) is 2.40. The van der Waals surface area contributed by atoms with Gasteiger partial charge in [-0.15, -0.1) is 0 Å². The number of carboxylic acid groups (broad SMARTS) is 1. The minimum Gasteiger partial charge on any atom is -0.478 e. The molecular formula is C14H14N2O2. The lowest BCUT2D eigenvalue weighted by Gasteiger charge is -2.05. The standard InChI is InChI=1S/C14H14N2O2/c17-14(18)12-6-7-16-13(8-12)10-15-9-11-4-2-1-3-5-11/h1-8,15H,9-10H2,(H,17,18). The molecule has 0 saturated heterocycles. The van der Waals surface area contributed by atoms with Crippen LogP contribution in [0.3, 0.4) is 0 Å². The molecule has 2 rings (SSSR count). The lowest BCUT2D eigenvalue weighted by atomic mass is 10.2. The Morgan fingerprint density at radius 3 is 2.67 bits per heavy atom. The molecule has 0 atom stereocenters. The second kappa shape index (κ2) is 5.93. The van der Waals surface area contributed by atoms with Crippen LogP contribution in [0, 0.1) is 0 Å². The van der Waals surface area contributed by atoms with Gasteiger partial charge >= 0.3 is 5.97 Å². The molecule has 0 fully saturated rings. The topological polar surface area (TPSA) is 62.2 Å². The first kappa shape index (κ1) is 12.3. The Labute approximate surface area is 105 Å². The number of nitrogens with one attached hydrogen (secondary N) is 1. The fourth-order valence-corrected chi connectivity index (χ4v) is 1.64. The number of carboxylic acids is 1. The molecule has 1 aromatic heterocycles. The van der Waals surface area contributed by atoms with Crippen LogP contribution in [0.2, 0.25) is 0 Å². The molecule has 0 radical (unpaired) electrons. The van der Waals surface area contributed by atoms with E-state index in [1.165, 1.54) is 17.8 Å². The third-order valence-electron chi connectivity index (χ3n) is 2.54. The van der Waals surface area contributed by atoms with Crippen molar-refractivity contribution >= 4 is 5.97 Å². The Balaban J connectivity index is 1.90. The average molecular weight is 242 g/mol. The normalized spacial score (nSPS) is 10.2. The molecular weight excluding hydrogens is 228 g/mol. The number of pyridine rings is 1. The maximum absolute atomic E-state index is 10.8. The summed E-state index contributed by atoms with van der Waals surface area (Å²) in [5.41, 5.74) is 2.18. The van der Waals surface area contributed by atoms with E-state index in [0.717, 1.165) is 12.2 Å². The van der Waals surface area contributed by atoms with Gasteiger partial charge in [0.25, 0.3) is 0 Å². The van der Waals surface area contributed by atoms with Crippen LogP contribution in [0.4, 0.5) is 0 Å². The van der Waals surface area contributed by atoms with Gasteiger partial charge in [-0.05, 0) is 17.7 Å². The maximum Gasteiger partial charge on any atom is 0.335 e. The number of hydrogen-bond acceptors (Lipinski definition) is 3. The van der Waals surface area contributed by atoms with E-state index in [9.17, 15) is 4.79 Å². The Kier molecular flexibility index (Phi) is 4.04. The van der Waals surface area contributed by atoms with Crippen LogP contribution in [0.25, 0.3) is 0 Å². The molecule has 0 aliphatic carbocycles. The summed E-state index contributed by atoms with van der Waals surface area (Å²) in [6.07, 6.45) is 1.52. The van der Waals surface area contributed by atoms with E-state index in [0.29, 0.717) is 6.54 Å². The van der Waals surface area contributed by atoms with E-state index < -0.39 is 5.97 Å². The number of nitrogens with zero attached hydrogens (tertiary/aromatic N) is 1. The summed E-state index contributed by atoms with van der Waals surface area (Å²) in [5, 5.41) is 12.1. The Hall–Kier alpha value is -2.20. The highest BCUT2D eigenvalue weighted by molar-refractivity contribution is 5.87. The molecule has 4 nitrogen and oxygen atoms in total. The van der Waals surface area contributed by atoms with Gasteiger partial charge in [-0.1, -0.05) is 30.3 Å². The van der Waals surface area contributed by atoms with Crippen LogP contribution in [0.15, 0.2) is 48.7 Å². The molecule has 0 spiro atoms. The van der Waals surface area contributed by atoms with Gasteiger partial charge in [0.2, 0.25) is 0 Å². The summed E-state index contributed by atoms with van der Waals surface area (Å²) < 4.78 is 0. The van der Waals surface area contributed by atoms with Crippen LogP contribution in [-0.4, -0.2) is 16.1 Å². The second-order valence-electron chi connectivity index (χ2n) is 3.93. The number of rotatable bonds is 5. The lowest BCUT2D eigenvalue weighted by molar-refractivity contribution is 0.0696. The molecule has 0 bridgehead atoms. The quantitative estimate of drug-likeness (QED) is 0.842. The van der Waals surface area contributed by atoms with Crippen LogP contribution in [0.5, 0.6) is 0 Å². The zero-order valence-electron chi connectivity index (χ0n) is 9.84. The van der Waals surface area contributed by atoms with Crippen molar-refractivity contribution in [3.8, 4) is 0 Å². The zero-order chi connectivity index (χ0) is 12.8. The van der Waals surface area contributed by atoms with Crippen molar-refractivity contribution in [1.82, 2.24) is 10.3 Å². The molecule has 18 heavy (non-hydrogen) atoms. The summed E-state index contributed by atoms with van der Waals surface area (Å²) in [7, 11) is 0. The van der Waals surface area contributed by atoms with Gasteiger partial charge in [0.05, 0.1) is 11.3 Å². The molecule has 4 heteroatoms. The van der Waals surface area contributed by atoms with E-state index in [1.807, 2.05) is 30.3 Å². The van der Waals surface area contributed by atoms with Crippen molar-refractivity contribution in [1.29, 1.82) is 0 Å². The Morgan fingerprint density at radius 1 is 1.17 bits per heavy atom. The van der Waals surface area contributed by atoms with Crippen molar-refractivity contribution in [3.05, 3.63) is 65.5 Å². The molecule has 1 aromatic carbocycles. The zero-order valence-corrected chi connectivity index (χ0v) is 9.84. The largest absolute Gasteiger partial charge is 0.478 e. The molecule has 1 heterocycles. The fraction of sp³-hybridized carbons (Fsp3) is 0.143. The minimum absolute atomic E-state index is 0.265. The Morgan fingerprint density at radius 2 is 1.94 bits per heavy atom. The molecule has 0 saturated carbocycles. The molecule has 92 valence electrons. The molecule has 2 N–H and O–H groups in total. The highest BCUT2D eigenvalue weighted by Crippen LogP contribution is 2.03. The van der Waals surface area contributed by atoms with Gasteiger partial charge in [-0.25, -0.2) is 4.79 Å². The Bertz CT molecular complexity index is 526. The summed E-state index contributed by atoms with van der Waals surface area (Å²) in [4.78, 5) is 14.9. The third-order valence-corrected chi connectivity index (χ3v) is 2.54. The van der Waals surface area contributed by atoms with Gasteiger partial charge in [0.1, 0.15) is 0 Å². The number of hydrogen-bond donors (Lipinski definition) is 2. The molecule has 0 amide bonds. The summed E-state index contributed by atoms with van der Waals surface area (Å²) in [6.45, 7) is 1.29. The lowest BCUT2D eigenvalue weighted by Crippen LogP contribution is -2.14. The first-order valence-corrected chi connectivity index (χ1v) is 5.68. The van der Waals surface area contributed by atoms with Gasteiger partial charge in [0.15, 0.2) is 0 Å². The van der Waals surface area contributed by atoms with Crippen molar-refractivity contribution in [2.24, 2.45) is 0 Å². The van der Waals surface area contributed by atoms with Crippen LogP contribution < -0.4 is 5.32 Å². The van der Waals surface area contributed by atoms with Crippen LogP contribution >= 0.6 is 0 Å². The second-order valence-corrected chi connectivity index (χ2v) is 3.93. The van der Waals surface area contributed by atoms with Gasteiger partial charge < -0.3 is 10.4 Å². The first-order valence-electron chi connectivity index (χ1n) is 5.68. The maximum atomic E-state index is 10.8. The van der Waals surface area contributed by atoms with Crippen molar-refractivity contribution < 1.29 is 9.90 Å². The van der Waals surface area contributed by atoms with E-state index in [4.69, 9.17) is 5.11 Å². The number of aromatic nitrogens is 1. The van der Waals surface area contributed by atoms with E-state index in [-0.39, 0.29) is 5.56 Å². The van der Waals surface area contributed by atoms with Gasteiger partial charge in [-0.3, -0.25) is 4.98 Å². The third kappa shape index (κ3) is 3.40. The number of aromatic carboxylic acids is 1. The molecule has 0 aliphatic heterocycles. The molecule has 0 aliphatic rings. The van der Waals surface area contributed by atoms with Crippen LogP contribution in [0.1, 0.15) is 21.6 Å². The van der Waals surface area contributed by atoms with Crippen LogP contribution in [-0.2, 0) is 13.1 Å². The van der Waals surface area contributed by atoms with Crippen molar-refractivity contribution in [3.63, 3.8) is 0 Å². The van der Waals surface area contributed by atoms with Crippen molar-refractivity contribution in [2.75, 3.05) is 0 Å². The summed E-state index contributed by atoms with van der Waals surface area (Å²) in [5.74, 6) is -0.929. The first-order chi connectivity index (χ1) is 8.75. The predicted molar refractivity (Wildman–Crippen MR) is 68.2 cm³/mol. The summed E-state index contributed by atoms with van der Waals surface area (Å²) >= 11 is 0. The van der Waals surface area contributed by atoms with Gasteiger partial charge in [-0.2, -0.15) is 0 Å². The smallest absolute Gasteiger partial charge is 0.335 e. The SMILES string of the molecule is O=C(O)c1ccnc(CNCc2ccccc2)c1. The predicted octanol–water partition coefficient (Wildman–Crippen LogP) is 2.07.